The lowest BCUT2D eigenvalue weighted by Gasteiger charge is -2.30. The van der Waals surface area contributed by atoms with Crippen LogP contribution in [0, 0.1) is 12.8 Å². The van der Waals surface area contributed by atoms with Crippen LogP contribution >= 0.6 is 0 Å². The van der Waals surface area contributed by atoms with Crippen molar-refractivity contribution in [3.63, 3.8) is 0 Å². The van der Waals surface area contributed by atoms with Gasteiger partial charge in [0.05, 0.1) is 6.61 Å². The Kier molecular flexibility index (Phi) is 6.47. The van der Waals surface area contributed by atoms with Crippen molar-refractivity contribution < 1.29 is 18.8 Å². The molecule has 1 saturated heterocycles. The lowest BCUT2D eigenvalue weighted by Crippen LogP contribution is -2.40. The van der Waals surface area contributed by atoms with Gasteiger partial charge in [-0.2, -0.15) is 0 Å². The van der Waals surface area contributed by atoms with E-state index in [0.29, 0.717) is 44.1 Å². The number of likely N-dealkylation sites (tertiary alicyclic amines) is 1. The lowest BCUT2D eigenvalue weighted by atomic mass is 9.96. The van der Waals surface area contributed by atoms with Gasteiger partial charge in [0.2, 0.25) is 11.8 Å². The van der Waals surface area contributed by atoms with Gasteiger partial charge >= 0.3 is 0 Å². The summed E-state index contributed by atoms with van der Waals surface area (Å²) in [6.07, 6.45) is 4.59. The molecule has 0 atom stereocenters. The highest BCUT2D eigenvalue weighted by Gasteiger charge is 2.27. The second kappa shape index (κ2) is 9.21. The highest BCUT2D eigenvalue weighted by atomic mass is 16.5. The number of aromatic nitrogens is 1. The van der Waals surface area contributed by atoms with Gasteiger partial charge < -0.3 is 19.5 Å². The molecule has 2 aromatic rings. The van der Waals surface area contributed by atoms with E-state index in [0.717, 1.165) is 11.3 Å². The largest absolute Gasteiger partial charge is 0.493 e. The predicted octanol–water partition coefficient (Wildman–Crippen LogP) is 3.27. The molecule has 1 aliphatic rings. The van der Waals surface area contributed by atoms with Crippen LogP contribution in [-0.2, 0) is 9.59 Å². The van der Waals surface area contributed by atoms with Gasteiger partial charge in [0.15, 0.2) is 5.82 Å². The van der Waals surface area contributed by atoms with Crippen LogP contribution in [0.3, 0.4) is 0 Å². The number of nitrogens with zero attached hydrogens (tertiary/aromatic N) is 2. The van der Waals surface area contributed by atoms with Crippen LogP contribution in [0.4, 0.5) is 5.82 Å². The Morgan fingerprint density at radius 3 is 2.75 bits per heavy atom. The average molecular weight is 383 g/mol. The molecule has 1 N–H and O–H groups in total. The summed E-state index contributed by atoms with van der Waals surface area (Å²) >= 11 is 0. The Hall–Kier alpha value is -3.09. The van der Waals surface area contributed by atoms with Crippen LogP contribution in [-0.4, -0.2) is 41.6 Å². The molecule has 0 bridgehead atoms. The Morgan fingerprint density at radius 2 is 2.07 bits per heavy atom. The maximum Gasteiger partial charge on any atom is 0.246 e. The Balaban J connectivity index is 1.51. The van der Waals surface area contributed by atoms with Crippen LogP contribution in [0.25, 0.3) is 6.08 Å². The number of benzene rings is 1. The third kappa shape index (κ3) is 5.00. The Labute approximate surface area is 164 Å². The average Bonchev–Trinajstić information content (AvgIpc) is 3.12. The molecule has 0 unspecified atom stereocenters. The number of hydrogen-bond acceptors (Lipinski definition) is 5. The van der Waals surface area contributed by atoms with Gasteiger partial charge in [0.25, 0.3) is 0 Å². The second-order valence-corrected chi connectivity index (χ2v) is 6.72. The molecule has 3 rings (SSSR count). The molecule has 1 aromatic heterocycles. The number of nitrogens with one attached hydrogen (secondary N) is 1. The summed E-state index contributed by atoms with van der Waals surface area (Å²) in [5.41, 5.74) is 0.870. The van der Waals surface area contributed by atoms with Gasteiger partial charge in [-0.05, 0) is 38.8 Å². The highest BCUT2D eigenvalue weighted by molar-refractivity contribution is 5.93. The van der Waals surface area contributed by atoms with Crippen LogP contribution in [0.15, 0.2) is 40.9 Å². The normalized spacial score (nSPS) is 15.0. The summed E-state index contributed by atoms with van der Waals surface area (Å²) in [4.78, 5) is 26.6. The first-order valence-corrected chi connectivity index (χ1v) is 9.50. The maximum atomic E-state index is 12.5. The molecule has 2 amide bonds. The monoisotopic (exact) mass is 383 g/mol. The summed E-state index contributed by atoms with van der Waals surface area (Å²) in [5, 5.41) is 6.54. The van der Waals surface area contributed by atoms with E-state index in [9.17, 15) is 9.59 Å². The number of anilines is 1. The fourth-order valence-electron chi connectivity index (χ4n) is 3.19. The number of aryl methyl sites for hydroxylation is 1. The quantitative estimate of drug-likeness (QED) is 0.774. The van der Waals surface area contributed by atoms with Crippen LogP contribution in [0.1, 0.15) is 31.1 Å². The number of amides is 2. The zero-order valence-electron chi connectivity index (χ0n) is 16.2. The number of ether oxygens (including phenoxy) is 1. The van der Waals surface area contributed by atoms with E-state index in [2.05, 4.69) is 10.5 Å². The molecular weight excluding hydrogens is 358 g/mol. The van der Waals surface area contributed by atoms with E-state index in [1.54, 1.807) is 30.0 Å². The van der Waals surface area contributed by atoms with E-state index >= 15 is 0 Å². The summed E-state index contributed by atoms with van der Waals surface area (Å²) in [6, 6.07) is 9.29. The van der Waals surface area contributed by atoms with Crippen molar-refractivity contribution in [2.24, 2.45) is 5.92 Å². The van der Waals surface area contributed by atoms with Crippen LogP contribution in [0.2, 0.25) is 0 Å². The summed E-state index contributed by atoms with van der Waals surface area (Å²) in [7, 11) is 0. The van der Waals surface area contributed by atoms with Crippen molar-refractivity contribution in [3.8, 4) is 5.75 Å². The standard InChI is InChI=1S/C21H25N3O4/c1-3-27-18-7-5-4-6-16(18)8-9-20(25)24-12-10-17(11-13-24)21(26)22-19-14-15(2)28-23-19/h4-9,14,17H,3,10-13H2,1-2H3,(H,22,23,26)/b9-8+. The molecule has 148 valence electrons. The summed E-state index contributed by atoms with van der Waals surface area (Å²) < 4.78 is 10.5. The van der Waals surface area contributed by atoms with Crippen molar-refractivity contribution in [1.29, 1.82) is 0 Å². The number of carbonyl (C=O) groups excluding carboxylic acids is 2. The number of piperidine rings is 1. The zero-order valence-corrected chi connectivity index (χ0v) is 16.2. The minimum absolute atomic E-state index is 0.0581. The molecule has 0 spiro atoms. The van der Waals surface area contributed by atoms with Gasteiger partial charge in [-0.15, -0.1) is 0 Å². The van der Waals surface area contributed by atoms with Crippen LogP contribution < -0.4 is 10.1 Å². The van der Waals surface area contributed by atoms with Crippen molar-refractivity contribution in [3.05, 3.63) is 47.7 Å². The van der Waals surface area contributed by atoms with Gasteiger partial charge in [0, 0.05) is 36.7 Å². The molecular formula is C21H25N3O4. The van der Waals surface area contributed by atoms with E-state index in [-0.39, 0.29) is 17.7 Å². The molecule has 7 nitrogen and oxygen atoms in total. The van der Waals surface area contributed by atoms with Crippen molar-refractivity contribution >= 4 is 23.7 Å². The zero-order chi connectivity index (χ0) is 19.9. The first-order chi connectivity index (χ1) is 13.6. The van der Waals surface area contributed by atoms with E-state index in [1.165, 1.54) is 0 Å². The first kappa shape index (κ1) is 19.7. The molecule has 1 fully saturated rings. The third-order valence-electron chi connectivity index (χ3n) is 4.68. The van der Waals surface area contributed by atoms with Gasteiger partial charge in [-0.3, -0.25) is 9.59 Å². The molecule has 0 radical (unpaired) electrons. The lowest BCUT2D eigenvalue weighted by molar-refractivity contribution is -0.130. The SMILES string of the molecule is CCOc1ccccc1/C=C/C(=O)N1CCC(C(=O)Nc2cc(C)on2)CC1. The topological polar surface area (TPSA) is 84.7 Å². The molecule has 7 heteroatoms. The highest BCUT2D eigenvalue weighted by Crippen LogP contribution is 2.22. The number of carbonyl (C=O) groups is 2. The van der Waals surface area contributed by atoms with E-state index in [4.69, 9.17) is 9.26 Å². The Bertz CT molecular complexity index is 851. The van der Waals surface area contributed by atoms with Crippen LogP contribution in [0.5, 0.6) is 5.75 Å². The third-order valence-corrected chi connectivity index (χ3v) is 4.68. The molecule has 1 aromatic carbocycles. The number of hydrogen-bond donors (Lipinski definition) is 1. The van der Waals surface area contributed by atoms with Crippen molar-refractivity contribution in [2.45, 2.75) is 26.7 Å². The first-order valence-electron chi connectivity index (χ1n) is 9.50. The molecule has 2 heterocycles. The number of rotatable bonds is 6. The fraction of sp³-hybridized carbons (Fsp3) is 0.381. The fourth-order valence-corrected chi connectivity index (χ4v) is 3.19. The second-order valence-electron chi connectivity index (χ2n) is 6.72. The van der Waals surface area contributed by atoms with Gasteiger partial charge in [-0.25, -0.2) is 0 Å². The smallest absolute Gasteiger partial charge is 0.246 e. The van der Waals surface area contributed by atoms with Crippen molar-refractivity contribution in [2.75, 3.05) is 25.0 Å². The van der Waals surface area contributed by atoms with E-state index in [1.807, 2.05) is 31.2 Å². The maximum absolute atomic E-state index is 12.5. The molecule has 0 saturated carbocycles. The minimum atomic E-state index is -0.135. The number of para-hydroxylation sites is 1. The minimum Gasteiger partial charge on any atom is -0.493 e. The van der Waals surface area contributed by atoms with Gasteiger partial charge in [0.1, 0.15) is 11.5 Å². The summed E-state index contributed by atoms with van der Waals surface area (Å²) in [5.74, 6) is 1.56. The molecule has 28 heavy (non-hydrogen) atoms. The van der Waals surface area contributed by atoms with Crippen molar-refractivity contribution in [1.82, 2.24) is 10.1 Å². The molecule has 0 aliphatic carbocycles. The summed E-state index contributed by atoms with van der Waals surface area (Å²) in [6.45, 7) is 5.36. The molecule has 1 aliphatic heterocycles. The Morgan fingerprint density at radius 1 is 1.32 bits per heavy atom. The van der Waals surface area contributed by atoms with Gasteiger partial charge in [-0.1, -0.05) is 23.4 Å². The van der Waals surface area contributed by atoms with E-state index < -0.39 is 0 Å². The predicted molar refractivity (Wildman–Crippen MR) is 106 cm³/mol.